The van der Waals surface area contributed by atoms with E-state index in [2.05, 4.69) is 32.9 Å². The average molecular weight is 244 g/mol. The largest absolute Gasteiger partial charge is 0.496 e. The molecule has 1 aromatic rings. The third kappa shape index (κ3) is 3.39. The Balaban J connectivity index is 0.00000225. The minimum atomic E-state index is 0. The summed E-state index contributed by atoms with van der Waals surface area (Å²) in [6.45, 7) is 6.28. The van der Waals surface area contributed by atoms with Crippen LogP contribution in [0, 0.1) is 13.8 Å². The van der Waals surface area contributed by atoms with Crippen molar-refractivity contribution in [2.24, 2.45) is 5.73 Å². The molecule has 1 rings (SSSR count). The second kappa shape index (κ2) is 6.77. The lowest BCUT2D eigenvalue weighted by Gasteiger charge is -2.15. The first-order valence-corrected chi connectivity index (χ1v) is 5.50. The van der Waals surface area contributed by atoms with Crippen LogP contribution in [-0.4, -0.2) is 7.11 Å². The Bertz CT molecular complexity index is 316. The maximum atomic E-state index is 6.09. The fourth-order valence-electron chi connectivity index (χ4n) is 2.00. The monoisotopic (exact) mass is 243 g/mol. The molecule has 0 saturated carbocycles. The Morgan fingerprint density at radius 2 is 1.75 bits per heavy atom. The van der Waals surface area contributed by atoms with E-state index in [0.717, 1.165) is 18.6 Å². The lowest BCUT2D eigenvalue weighted by Crippen LogP contribution is -2.10. The molecule has 3 heteroatoms. The first-order chi connectivity index (χ1) is 7.10. The van der Waals surface area contributed by atoms with Crippen molar-refractivity contribution in [1.29, 1.82) is 0 Å². The molecule has 0 heterocycles. The first kappa shape index (κ1) is 15.3. The van der Waals surface area contributed by atoms with E-state index in [1.807, 2.05) is 0 Å². The van der Waals surface area contributed by atoms with Crippen molar-refractivity contribution in [1.82, 2.24) is 0 Å². The molecule has 0 aliphatic rings. The highest BCUT2D eigenvalue weighted by Crippen LogP contribution is 2.27. The molecule has 2 N–H and O–H groups in total. The first-order valence-electron chi connectivity index (χ1n) is 5.50. The fraction of sp³-hybridized carbons (Fsp3) is 0.538. The minimum absolute atomic E-state index is 0. The van der Waals surface area contributed by atoms with Crippen LogP contribution in [0.25, 0.3) is 0 Å². The lowest BCUT2D eigenvalue weighted by atomic mass is 9.98. The molecule has 0 aliphatic heterocycles. The molecule has 0 unspecified atom stereocenters. The Kier molecular flexibility index (Phi) is 6.46. The third-order valence-electron chi connectivity index (χ3n) is 2.71. The van der Waals surface area contributed by atoms with Crippen LogP contribution in [0.5, 0.6) is 5.75 Å². The van der Waals surface area contributed by atoms with Gasteiger partial charge in [0.15, 0.2) is 0 Å². The number of ether oxygens (including phenoxy) is 1. The predicted molar refractivity (Wildman–Crippen MR) is 71.6 cm³/mol. The number of aryl methyl sites for hydroxylation is 2. The number of hydrogen-bond donors (Lipinski definition) is 1. The summed E-state index contributed by atoms with van der Waals surface area (Å²) in [5.41, 5.74) is 9.64. The van der Waals surface area contributed by atoms with E-state index in [4.69, 9.17) is 10.5 Å². The van der Waals surface area contributed by atoms with Crippen LogP contribution in [0.1, 0.15) is 42.5 Å². The molecule has 0 amide bonds. The van der Waals surface area contributed by atoms with Crippen LogP contribution in [0.4, 0.5) is 0 Å². The summed E-state index contributed by atoms with van der Waals surface area (Å²) in [4.78, 5) is 0. The number of hydrogen-bond acceptors (Lipinski definition) is 2. The second-order valence-corrected chi connectivity index (χ2v) is 4.08. The molecule has 92 valence electrons. The highest BCUT2D eigenvalue weighted by atomic mass is 35.5. The summed E-state index contributed by atoms with van der Waals surface area (Å²) in [6.07, 6.45) is 2.15. The molecular formula is C13H22ClNO. The number of halogens is 1. The average Bonchev–Trinajstić information content (AvgIpc) is 2.17. The molecule has 0 bridgehead atoms. The molecule has 0 aromatic heterocycles. The molecule has 0 saturated heterocycles. The van der Waals surface area contributed by atoms with Gasteiger partial charge in [0, 0.05) is 6.04 Å². The molecule has 1 atom stereocenters. The van der Waals surface area contributed by atoms with Crippen LogP contribution in [0.2, 0.25) is 0 Å². The summed E-state index contributed by atoms with van der Waals surface area (Å²) >= 11 is 0. The maximum Gasteiger partial charge on any atom is 0.124 e. The van der Waals surface area contributed by atoms with Crippen LogP contribution < -0.4 is 10.5 Å². The molecule has 0 spiro atoms. The topological polar surface area (TPSA) is 35.2 Å². The van der Waals surface area contributed by atoms with Crippen molar-refractivity contribution in [3.8, 4) is 5.75 Å². The number of nitrogens with two attached hydrogens (primary N) is 1. The van der Waals surface area contributed by atoms with E-state index in [-0.39, 0.29) is 18.4 Å². The van der Waals surface area contributed by atoms with Crippen molar-refractivity contribution in [2.75, 3.05) is 7.11 Å². The van der Waals surface area contributed by atoms with E-state index >= 15 is 0 Å². The molecule has 1 aromatic carbocycles. The van der Waals surface area contributed by atoms with Gasteiger partial charge in [-0.15, -0.1) is 12.4 Å². The van der Waals surface area contributed by atoms with E-state index in [0.29, 0.717) is 0 Å². The van der Waals surface area contributed by atoms with E-state index in [1.165, 1.54) is 16.7 Å². The SMILES string of the molecule is CCC[C@@H](N)c1cc(C)c(OC)c(C)c1.Cl. The smallest absolute Gasteiger partial charge is 0.124 e. The summed E-state index contributed by atoms with van der Waals surface area (Å²) in [5, 5.41) is 0. The Morgan fingerprint density at radius 3 is 2.12 bits per heavy atom. The van der Waals surface area contributed by atoms with Gasteiger partial charge in [-0.3, -0.25) is 0 Å². The number of rotatable bonds is 4. The van der Waals surface area contributed by atoms with Crippen molar-refractivity contribution in [3.63, 3.8) is 0 Å². The molecule has 0 fully saturated rings. The van der Waals surface area contributed by atoms with E-state index < -0.39 is 0 Å². The molecular weight excluding hydrogens is 222 g/mol. The number of benzene rings is 1. The van der Waals surface area contributed by atoms with E-state index in [9.17, 15) is 0 Å². The fourth-order valence-corrected chi connectivity index (χ4v) is 2.00. The minimum Gasteiger partial charge on any atom is -0.496 e. The maximum absolute atomic E-state index is 6.09. The standard InChI is InChI=1S/C13H21NO.ClH/c1-5-6-12(14)11-7-9(2)13(15-4)10(3)8-11;/h7-8,12H,5-6,14H2,1-4H3;1H/t12-;/m1./s1. The molecule has 0 aliphatic carbocycles. The van der Waals surface area contributed by atoms with Gasteiger partial charge in [-0.25, -0.2) is 0 Å². The molecule has 0 radical (unpaired) electrons. The van der Waals surface area contributed by atoms with Gasteiger partial charge in [0.25, 0.3) is 0 Å². The van der Waals surface area contributed by atoms with Crippen molar-refractivity contribution in [3.05, 3.63) is 28.8 Å². The summed E-state index contributed by atoms with van der Waals surface area (Å²) in [5.74, 6) is 0.974. The Labute approximate surface area is 105 Å². The summed E-state index contributed by atoms with van der Waals surface area (Å²) in [6, 6.07) is 4.41. The van der Waals surface area contributed by atoms with Crippen molar-refractivity contribution < 1.29 is 4.74 Å². The van der Waals surface area contributed by atoms with Gasteiger partial charge in [-0.05, 0) is 37.0 Å². The highest BCUT2D eigenvalue weighted by Gasteiger charge is 2.09. The third-order valence-corrected chi connectivity index (χ3v) is 2.71. The van der Waals surface area contributed by atoms with E-state index in [1.54, 1.807) is 7.11 Å². The van der Waals surface area contributed by atoms with Gasteiger partial charge >= 0.3 is 0 Å². The van der Waals surface area contributed by atoms with Crippen LogP contribution in [0.3, 0.4) is 0 Å². The van der Waals surface area contributed by atoms with Gasteiger partial charge in [0.05, 0.1) is 7.11 Å². The summed E-state index contributed by atoms with van der Waals surface area (Å²) in [7, 11) is 1.71. The number of methoxy groups -OCH3 is 1. The lowest BCUT2D eigenvalue weighted by molar-refractivity contribution is 0.408. The zero-order valence-corrected chi connectivity index (χ0v) is 11.4. The van der Waals surface area contributed by atoms with Gasteiger partial charge in [0.1, 0.15) is 5.75 Å². The Morgan fingerprint density at radius 1 is 1.25 bits per heavy atom. The molecule has 2 nitrogen and oxygen atoms in total. The van der Waals surface area contributed by atoms with Crippen molar-refractivity contribution >= 4 is 12.4 Å². The van der Waals surface area contributed by atoms with Gasteiger partial charge in [-0.2, -0.15) is 0 Å². The summed E-state index contributed by atoms with van der Waals surface area (Å²) < 4.78 is 5.33. The molecule has 16 heavy (non-hydrogen) atoms. The van der Waals surface area contributed by atoms with Gasteiger partial charge < -0.3 is 10.5 Å². The zero-order valence-electron chi connectivity index (χ0n) is 10.5. The zero-order chi connectivity index (χ0) is 11.4. The van der Waals surface area contributed by atoms with Gasteiger partial charge in [0.2, 0.25) is 0 Å². The second-order valence-electron chi connectivity index (χ2n) is 4.08. The van der Waals surface area contributed by atoms with Crippen LogP contribution >= 0.6 is 12.4 Å². The van der Waals surface area contributed by atoms with Crippen molar-refractivity contribution in [2.45, 2.75) is 39.7 Å². The van der Waals surface area contributed by atoms with Crippen LogP contribution in [-0.2, 0) is 0 Å². The Hall–Kier alpha value is -0.730. The van der Waals surface area contributed by atoms with Crippen LogP contribution in [0.15, 0.2) is 12.1 Å². The quantitative estimate of drug-likeness (QED) is 0.878. The normalized spacial score (nSPS) is 11.8. The highest BCUT2D eigenvalue weighted by molar-refractivity contribution is 5.85. The predicted octanol–water partition coefficient (Wildman–Crippen LogP) is 3.53. The van der Waals surface area contributed by atoms with Gasteiger partial charge in [-0.1, -0.05) is 25.5 Å².